The molecule has 0 unspecified atom stereocenters. The monoisotopic (exact) mass is 356 g/mol. The Morgan fingerprint density at radius 3 is 2.50 bits per heavy atom. The Labute approximate surface area is 153 Å². The average Bonchev–Trinajstić information content (AvgIpc) is 2.67. The number of pyridine rings is 1. The molecule has 1 aliphatic rings. The predicted molar refractivity (Wildman–Crippen MR) is 98.1 cm³/mol. The summed E-state index contributed by atoms with van der Waals surface area (Å²) in [6.45, 7) is 7.09. The van der Waals surface area contributed by atoms with Crippen molar-refractivity contribution in [1.82, 2.24) is 25.2 Å². The molecule has 2 amide bonds. The molecule has 0 radical (unpaired) electrons. The highest BCUT2D eigenvalue weighted by Gasteiger charge is 2.22. The van der Waals surface area contributed by atoms with Crippen LogP contribution >= 0.6 is 0 Å². The average molecular weight is 356 g/mol. The number of rotatable bonds is 5. The van der Waals surface area contributed by atoms with Crippen LogP contribution in [-0.2, 0) is 6.54 Å². The standard InChI is InChI=1S/C18H24N6O2/c1-14(2)26-16-5-4-15(12-21-16)13-22-18(25)24-10-8-23(9-11-24)17-19-6-3-7-20-17/h3-7,12,14H,8-11,13H2,1-2H3,(H,22,25). The molecule has 0 saturated carbocycles. The first-order valence-corrected chi connectivity index (χ1v) is 8.78. The van der Waals surface area contributed by atoms with Gasteiger partial charge in [0.15, 0.2) is 0 Å². The summed E-state index contributed by atoms with van der Waals surface area (Å²) in [5, 5.41) is 2.94. The summed E-state index contributed by atoms with van der Waals surface area (Å²) in [5.74, 6) is 1.30. The second-order valence-corrected chi connectivity index (χ2v) is 6.35. The van der Waals surface area contributed by atoms with Crippen LogP contribution in [0.3, 0.4) is 0 Å². The Bertz CT molecular complexity index is 699. The number of anilines is 1. The first-order chi connectivity index (χ1) is 12.6. The fraction of sp³-hybridized carbons (Fsp3) is 0.444. The zero-order valence-corrected chi connectivity index (χ0v) is 15.1. The molecular formula is C18H24N6O2. The second-order valence-electron chi connectivity index (χ2n) is 6.35. The highest BCUT2D eigenvalue weighted by molar-refractivity contribution is 5.74. The lowest BCUT2D eigenvalue weighted by Crippen LogP contribution is -2.52. The molecule has 2 aromatic heterocycles. The smallest absolute Gasteiger partial charge is 0.317 e. The van der Waals surface area contributed by atoms with Crippen molar-refractivity contribution in [2.24, 2.45) is 0 Å². The van der Waals surface area contributed by atoms with Crippen LogP contribution in [0.4, 0.5) is 10.7 Å². The SMILES string of the molecule is CC(C)Oc1ccc(CNC(=O)N2CCN(c3ncccn3)CC2)cn1. The van der Waals surface area contributed by atoms with Crippen molar-refractivity contribution in [3.63, 3.8) is 0 Å². The summed E-state index contributed by atoms with van der Waals surface area (Å²) in [5.41, 5.74) is 0.936. The molecule has 26 heavy (non-hydrogen) atoms. The number of piperazine rings is 1. The molecule has 8 nitrogen and oxygen atoms in total. The second kappa shape index (κ2) is 8.46. The van der Waals surface area contributed by atoms with Crippen LogP contribution < -0.4 is 15.0 Å². The van der Waals surface area contributed by atoms with E-state index in [0.29, 0.717) is 31.5 Å². The van der Waals surface area contributed by atoms with E-state index in [2.05, 4.69) is 25.2 Å². The van der Waals surface area contributed by atoms with Gasteiger partial charge >= 0.3 is 6.03 Å². The lowest BCUT2D eigenvalue weighted by Gasteiger charge is -2.34. The summed E-state index contributed by atoms with van der Waals surface area (Å²) in [7, 11) is 0. The Morgan fingerprint density at radius 2 is 1.88 bits per heavy atom. The molecule has 1 N–H and O–H groups in total. The number of amides is 2. The van der Waals surface area contributed by atoms with E-state index in [0.717, 1.165) is 18.7 Å². The maximum Gasteiger partial charge on any atom is 0.317 e. The van der Waals surface area contributed by atoms with Crippen LogP contribution in [0, 0.1) is 0 Å². The minimum Gasteiger partial charge on any atom is -0.475 e. The van der Waals surface area contributed by atoms with Crippen LogP contribution in [0.5, 0.6) is 5.88 Å². The molecule has 8 heteroatoms. The van der Waals surface area contributed by atoms with Gasteiger partial charge in [-0.1, -0.05) is 6.07 Å². The number of carbonyl (C=O) groups is 1. The van der Waals surface area contributed by atoms with Gasteiger partial charge in [0.25, 0.3) is 0 Å². The Hall–Kier alpha value is -2.90. The van der Waals surface area contributed by atoms with Crippen LogP contribution in [0.2, 0.25) is 0 Å². The van der Waals surface area contributed by atoms with Crippen molar-refractivity contribution in [2.75, 3.05) is 31.1 Å². The van der Waals surface area contributed by atoms with E-state index in [1.165, 1.54) is 0 Å². The number of nitrogens with one attached hydrogen (secondary N) is 1. The molecule has 0 bridgehead atoms. The number of urea groups is 1. The highest BCUT2D eigenvalue weighted by atomic mass is 16.5. The fourth-order valence-corrected chi connectivity index (χ4v) is 2.68. The van der Waals surface area contributed by atoms with Gasteiger partial charge in [-0.05, 0) is 25.5 Å². The maximum absolute atomic E-state index is 12.3. The van der Waals surface area contributed by atoms with Gasteiger partial charge in [0.1, 0.15) is 0 Å². The van der Waals surface area contributed by atoms with Crippen molar-refractivity contribution in [3.8, 4) is 5.88 Å². The van der Waals surface area contributed by atoms with Gasteiger partial charge in [0, 0.05) is 57.4 Å². The number of ether oxygens (including phenoxy) is 1. The summed E-state index contributed by atoms with van der Waals surface area (Å²) in [4.78, 5) is 29.0. The molecular weight excluding hydrogens is 332 g/mol. The molecule has 0 atom stereocenters. The number of hydrogen-bond donors (Lipinski definition) is 1. The molecule has 0 aromatic carbocycles. The topological polar surface area (TPSA) is 83.5 Å². The van der Waals surface area contributed by atoms with Gasteiger partial charge in [0.05, 0.1) is 6.10 Å². The quantitative estimate of drug-likeness (QED) is 0.878. The van der Waals surface area contributed by atoms with Gasteiger partial charge in [0.2, 0.25) is 11.8 Å². The Kier molecular flexibility index (Phi) is 5.83. The van der Waals surface area contributed by atoms with E-state index in [9.17, 15) is 4.79 Å². The zero-order valence-electron chi connectivity index (χ0n) is 15.1. The zero-order chi connectivity index (χ0) is 18.4. The predicted octanol–water partition coefficient (Wildman–Crippen LogP) is 1.69. The van der Waals surface area contributed by atoms with Gasteiger partial charge in [-0.2, -0.15) is 0 Å². The van der Waals surface area contributed by atoms with E-state index in [-0.39, 0.29) is 12.1 Å². The van der Waals surface area contributed by atoms with E-state index >= 15 is 0 Å². The number of nitrogens with zero attached hydrogens (tertiary/aromatic N) is 5. The minimum absolute atomic E-state index is 0.0684. The third-order valence-corrected chi connectivity index (χ3v) is 4.00. The lowest BCUT2D eigenvalue weighted by atomic mass is 10.3. The van der Waals surface area contributed by atoms with E-state index in [4.69, 9.17) is 4.74 Å². The van der Waals surface area contributed by atoms with Crippen molar-refractivity contribution in [1.29, 1.82) is 0 Å². The Morgan fingerprint density at radius 1 is 1.15 bits per heavy atom. The van der Waals surface area contributed by atoms with Gasteiger partial charge in [-0.15, -0.1) is 0 Å². The maximum atomic E-state index is 12.3. The van der Waals surface area contributed by atoms with E-state index in [1.54, 1.807) is 24.7 Å². The molecule has 1 fully saturated rings. The molecule has 0 aliphatic carbocycles. The molecule has 3 heterocycles. The summed E-state index contributed by atoms with van der Waals surface area (Å²) in [6, 6.07) is 5.46. The van der Waals surface area contributed by atoms with Gasteiger partial charge in [-0.3, -0.25) is 0 Å². The summed E-state index contributed by atoms with van der Waals surface area (Å²) < 4.78 is 5.51. The minimum atomic E-state index is -0.0684. The molecule has 3 rings (SSSR count). The van der Waals surface area contributed by atoms with Crippen molar-refractivity contribution >= 4 is 12.0 Å². The van der Waals surface area contributed by atoms with E-state index < -0.39 is 0 Å². The van der Waals surface area contributed by atoms with Crippen LogP contribution in [0.15, 0.2) is 36.8 Å². The van der Waals surface area contributed by atoms with Crippen LogP contribution in [0.25, 0.3) is 0 Å². The molecule has 2 aromatic rings. The number of carbonyl (C=O) groups excluding carboxylic acids is 1. The lowest BCUT2D eigenvalue weighted by molar-refractivity contribution is 0.193. The molecule has 138 valence electrons. The van der Waals surface area contributed by atoms with E-state index in [1.807, 2.05) is 30.9 Å². The summed E-state index contributed by atoms with van der Waals surface area (Å²) in [6.07, 6.45) is 5.27. The first-order valence-electron chi connectivity index (χ1n) is 8.78. The van der Waals surface area contributed by atoms with Crippen LogP contribution in [-0.4, -0.2) is 58.2 Å². The summed E-state index contributed by atoms with van der Waals surface area (Å²) >= 11 is 0. The van der Waals surface area contributed by atoms with Crippen molar-refractivity contribution < 1.29 is 9.53 Å². The van der Waals surface area contributed by atoms with Crippen LogP contribution in [0.1, 0.15) is 19.4 Å². The van der Waals surface area contributed by atoms with Crippen molar-refractivity contribution in [2.45, 2.75) is 26.5 Å². The third kappa shape index (κ3) is 4.81. The molecule has 0 spiro atoms. The normalized spacial score (nSPS) is 14.4. The largest absolute Gasteiger partial charge is 0.475 e. The highest BCUT2D eigenvalue weighted by Crippen LogP contribution is 2.11. The third-order valence-electron chi connectivity index (χ3n) is 4.00. The van der Waals surface area contributed by atoms with Crippen molar-refractivity contribution in [3.05, 3.63) is 42.4 Å². The first kappa shape index (κ1) is 17.9. The fourth-order valence-electron chi connectivity index (χ4n) is 2.68. The Balaban J connectivity index is 1.44. The number of aromatic nitrogens is 3. The molecule has 1 saturated heterocycles. The number of hydrogen-bond acceptors (Lipinski definition) is 6. The van der Waals surface area contributed by atoms with Gasteiger partial charge < -0.3 is 19.9 Å². The molecule has 1 aliphatic heterocycles. The van der Waals surface area contributed by atoms with Gasteiger partial charge in [-0.25, -0.2) is 19.7 Å².